The van der Waals surface area contributed by atoms with E-state index in [2.05, 4.69) is 21.4 Å². The SMILES string of the molecule is C[C@H]1CCCCc2cccc3c2CN(C3)C(=O)O[C@@H]2C[C@H]3C(=O)NC(C(=O)NS(=O)(=O)C4CC4)CCCCCCCC[C@H](NC(=O)OC1)C(=O)N3C2. The van der Waals surface area contributed by atoms with Gasteiger partial charge in [0, 0.05) is 19.5 Å². The van der Waals surface area contributed by atoms with Crippen LogP contribution in [0.1, 0.15) is 114 Å². The molecular formula is C37H53N5O9S. The first-order chi connectivity index (χ1) is 25.0. The normalized spacial score (nSPS) is 28.8. The van der Waals surface area contributed by atoms with Crippen LogP contribution in [0.5, 0.6) is 0 Å². The Kier molecular flexibility index (Phi) is 12.3. The van der Waals surface area contributed by atoms with E-state index in [4.69, 9.17) is 9.47 Å². The third kappa shape index (κ3) is 9.56. The molecule has 0 radical (unpaired) electrons. The Bertz CT molecular complexity index is 1620. The van der Waals surface area contributed by atoms with E-state index in [1.165, 1.54) is 10.5 Å². The van der Waals surface area contributed by atoms with Gasteiger partial charge < -0.3 is 25.0 Å². The molecule has 3 fully saturated rings. The van der Waals surface area contributed by atoms with Gasteiger partial charge >= 0.3 is 12.2 Å². The Labute approximate surface area is 306 Å². The van der Waals surface area contributed by atoms with Crippen LogP contribution < -0.4 is 15.4 Å². The molecule has 0 spiro atoms. The predicted molar refractivity (Wildman–Crippen MR) is 190 cm³/mol. The summed E-state index contributed by atoms with van der Waals surface area (Å²) in [4.78, 5) is 71.3. The fourth-order valence-corrected chi connectivity index (χ4v) is 9.16. The summed E-state index contributed by atoms with van der Waals surface area (Å²) in [6, 6.07) is 2.85. The molecule has 52 heavy (non-hydrogen) atoms. The third-order valence-corrected chi connectivity index (χ3v) is 12.8. The average molecular weight is 744 g/mol. The van der Waals surface area contributed by atoms with E-state index in [0.29, 0.717) is 45.2 Å². The molecule has 1 saturated carbocycles. The molecule has 3 N–H and O–H groups in total. The van der Waals surface area contributed by atoms with Gasteiger partial charge in [0.25, 0.3) is 5.91 Å². The number of hydrogen-bond donors (Lipinski definition) is 3. The Balaban J connectivity index is 1.26. The minimum Gasteiger partial charge on any atom is -0.449 e. The number of hydrogen-bond acceptors (Lipinski definition) is 9. The molecule has 5 atom stereocenters. The van der Waals surface area contributed by atoms with E-state index in [0.717, 1.165) is 62.5 Å². The first-order valence-corrected chi connectivity index (χ1v) is 20.7. The number of rotatable bonds is 3. The van der Waals surface area contributed by atoms with E-state index >= 15 is 0 Å². The summed E-state index contributed by atoms with van der Waals surface area (Å²) >= 11 is 0. The fourth-order valence-electron chi connectivity index (χ4n) is 7.81. The number of fused-ring (bicyclic) bond motifs is 3. The Morgan fingerprint density at radius 2 is 1.58 bits per heavy atom. The predicted octanol–water partition coefficient (Wildman–Crippen LogP) is 3.79. The van der Waals surface area contributed by atoms with Crippen LogP contribution in [0.15, 0.2) is 18.2 Å². The van der Waals surface area contributed by atoms with Crippen molar-refractivity contribution < 1.29 is 41.9 Å². The number of carbonyl (C=O) groups excluding carboxylic acids is 5. The zero-order chi connectivity index (χ0) is 36.8. The van der Waals surface area contributed by atoms with Crippen LogP contribution in [0.4, 0.5) is 9.59 Å². The van der Waals surface area contributed by atoms with E-state index in [1.807, 2.05) is 19.1 Å². The number of ether oxygens (including phenoxy) is 2. The summed E-state index contributed by atoms with van der Waals surface area (Å²) in [6.07, 6.45) is 7.56. The average Bonchev–Trinajstić information content (AvgIpc) is 3.76. The van der Waals surface area contributed by atoms with Gasteiger partial charge in [-0.1, -0.05) is 70.1 Å². The van der Waals surface area contributed by atoms with Gasteiger partial charge in [0.1, 0.15) is 24.2 Å². The van der Waals surface area contributed by atoms with Gasteiger partial charge in [0.05, 0.1) is 18.4 Å². The van der Waals surface area contributed by atoms with Gasteiger partial charge in [-0.3, -0.25) is 24.0 Å². The molecule has 0 aromatic heterocycles. The molecule has 5 bridgehead atoms. The highest BCUT2D eigenvalue weighted by molar-refractivity contribution is 7.90. The smallest absolute Gasteiger partial charge is 0.410 e. The molecule has 5 aliphatic rings. The second-order valence-electron chi connectivity index (χ2n) is 15.3. The highest BCUT2D eigenvalue weighted by Crippen LogP contribution is 2.31. The second kappa shape index (κ2) is 16.9. The van der Waals surface area contributed by atoms with Crippen molar-refractivity contribution in [1.29, 1.82) is 0 Å². The number of carbonyl (C=O) groups is 5. The lowest BCUT2D eigenvalue weighted by Gasteiger charge is -2.29. The number of aryl methyl sites for hydroxylation is 1. The highest BCUT2D eigenvalue weighted by atomic mass is 32.2. The van der Waals surface area contributed by atoms with Gasteiger partial charge in [0.2, 0.25) is 21.8 Å². The summed E-state index contributed by atoms with van der Waals surface area (Å²) in [7, 11) is -3.86. The lowest BCUT2D eigenvalue weighted by atomic mass is 9.97. The van der Waals surface area contributed by atoms with Gasteiger partial charge in [0.15, 0.2) is 0 Å². The first kappa shape index (κ1) is 37.9. The van der Waals surface area contributed by atoms with Crippen molar-refractivity contribution in [2.45, 2.75) is 146 Å². The van der Waals surface area contributed by atoms with Gasteiger partial charge in [-0.05, 0) is 67.6 Å². The van der Waals surface area contributed by atoms with Crippen molar-refractivity contribution >= 4 is 39.9 Å². The molecule has 1 unspecified atom stereocenters. The first-order valence-electron chi connectivity index (χ1n) is 19.1. The molecule has 1 aromatic carbocycles. The topological polar surface area (TPSA) is 181 Å². The summed E-state index contributed by atoms with van der Waals surface area (Å²) in [5, 5.41) is 4.89. The van der Waals surface area contributed by atoms with Crippen LogP contribution in [0, 0.1) is 5.92 Å². The highest BCUT2D eigenvalue weighted by Gasteiger charge is 2.45. The largest absolute Gasteiger partial charge is 0.449 e. The molecule has 1 aromatic rings. The molecule has 4 aliphatic heterocycles. The maximum absolute atomic E-state index is 14.3. The Morgan fingerprint density at radius 3 is 2.35 bits per heavy atom. The van der Waals surface area contributed by atoms with Crippen LogP contribution in [0.3, 0.4) is 0 Å². The van der Waals surface area contributed by atoms with Gasteiger partial charge in [-0.15, -0.1) is 0 Å². The number of nitrogens with one attached hydrogen (secondary N) is 3. The fraction of sp³-hybridized carbons (Fsp3) is 0.703. The lowest BCUT2D eigenvalue weighted by Crippen LogP contribution is -2.56. The number of amides is 5. The molecule has 286 valence electrons. The molecule has 2 saturated heterocycles. The monoisotopic (exact) mass is 743 g/mol. The lowest BCUT2D eigenvalue weighted by molar-refractivity contribution is -0.141. The number of alkyl carbamates (subject to hydrolysis) is 1. The van der Waals surface area contributed by atoms with E-state index < -0.39 is 69.4 Å². The second-order valence-corrected chi connectivity index (χ2v) is 17.2. The minimum absolute atomic E-state index is 0.0290. The molecule has 15 heteroatoms. The quantitative estimate of drug-likeness (QED) is 0.415. The van der Waals surface area contributed by atoms with Crippen molar-refractivity contribution in [3.05, 3.63) is 34.9 Å². The Hall–Kier alpha value is -3.88. The summed E-state index contributed by atoms with van der Waals surface area (Å²) in [6.45, 7) is 2.94. The number of cyclic esters (lactones) is 1. The third-order valence-electron chi connectivity index (χ3n) is 11.0. The molecule has 5 amide bonds. The molecule has 14 nitrogen and oxygen atoms in total. The van der Waals surface area contributed by atoms with Crippen molar-refractivity contribution in [3.8, 4) is 0 Å². The van der Waals surface area contributed by atoms with Crippen molar-refractivity contribution in [1.82, 2.24) is 25.2 Å². The molecule has 1 aliphatic carbocycles. The standard InChI is InChI=1S/C37H53N5O9S/c1-24-11-8-9-12-25-13-10-14-26-20-41(22-29(25)26)37(47)51-27-19-32-34(44)38-30(33(43)40-52(48,49)28-17-18-28)15-6-4-2-3-5-7-16-31(35(45)42(32)21-27)39-36(46)50-23-24/h10,13-14,24,27-28,30-32H,2-9,11-12,15-23H2,1H3,(H,38,44)(H,39,46)(H,40,43)/t24-,27+,30?,31-,32-/m0/s1. The molecule has 4 heterocycles. The van der Waals surface area contributed by atoms with E-state index in [1.54, 1.807) is 4.90 Å². The van der Waals surface area contributed by atoms with Crippen LogP contribution in [-0.2, 0) is 53.4 Å². The van der Waals surface area contributed by atoms with Crippen molar-refractivity contribution in [2.24, 2.45) is 5.92 Å². The summed E-state index contributed by atoms with van der Waals surface area (Å²) < 4.78 is 39.0. The van der Waals surface area contributed by atoms with Crippen molar-refractivity contribution in [3.63, 3.8) is 0 Å². The number of benzene rings is 1. The molecule has 6 rings (SSSR count). The van der Waals surface area contributed by atoms with Crippen LogP contribution in [0.2, 0.25) is 0 Å². The van der Waals surface area contributed by atoms with Crippen LogP contribution in [0.25, 0.3) is 0 Å². The number of nitrogens with zero attached hydrogens (tertiary/aromatic N) is 2. The van der Waals surface area contributed by atoms with E-state index in [9.17, 15) is 32.4 Å². The van der Waals surface area contributed by atoms with Gasteiger partial charge in [-0.2, -0.15) is 0 Å². The summed E-state index contributed by atoms with van der Waals surface area (Å²) in [5.74, 6) is -1.86. The number of sulfonamides is 1. The molecular weight excluding hydrogens is 690 g/mol. The maximum atomic E-state index is 14.3. The Morgan fingerprint density at radius 1 is 0.865 bits per heavy atom. The maximum Gasteiger partial charge on any atom is 0.410 e. The van der Waals surface area contributed by atoms with Crippen molar-refractivity contribution in [2.75, 3.05) is 13.2 Å². The van der Waals surface area contributed by atoms with Crippen LogP contribution >= 0.6 is 0 Å². The minimum atomic E-state index is -3.86. The van der Waals surface area contributed by atoms with Gasteiger partial charge in [-0.25, -0.2) is 18.0 Å². The summed E-state index contributed by atoms with van der Waals surface area (Å²) in [5.41, 5.74) is 3.37. The zero-order valence-corrected chi connectivity index (χ0v) is 30.9. The zero-order valence-electron chi connectivity index (χ0n) is 30.1. The van der Waals surface area contributed by atoms with E-state index in [-0.39, 0.29) is 31.9 Å². The van der Waals surface area contributed by atoms with Crippen LogP contribution in [-0.4, -0.2) is 90.8 Å².